The summed E-state index contributed by atoms with van der Waals surface area (Å²) in [6.07, 6.45) is 3.62. The van der Waals surface area contributed by atoms with Crippen molar-refractivity contribution in [2.24, 2.45) is 17.6 Å². The van der Waals surface area contributed by atoms with Crippen LogP contribution >= 0.6 is 11.6 Å². The Morgan fingerprint density at radius 2 is 2.22 bits per heavy atom. The maximum Gasteiger partial charge on any atom is 0.0521 e. The van der Waals surface area contributed by atoms with E-state index in [0.29, 0.717) is 12.5 Å². The zero-order valence-electron chi connectivity index (χ0n) is 11.2. The lowest BCUT2D eigenvalue weighted by Crippen LogP contribution is -2.53. The Hall–Kier alpha value is -0.730. The number of anilines is 1. The molecule has 3 unspecified atom stereocenters. The Morgan fingerprint density at radius 1 is 1.44 bits per heavy atom. The summed E-state index contributed by atoms with van der Waals surface area (Å²) in [7, 11) is 0. The Labute approximate surface area is 115 Å². The number of hydrogen-bond donors (Lipinski definition) is 2. The van der Waals surface area contributed by atoms with Crippen LogP contribution in [0.2, 0.25) is 5.02 Å². The first-order chi connectivity index (χ1) is 8.55. The first kappa shape index (κ1) is 13.7. The van der Waals surface area contributed by atoms with E-state index < -0.39 is 0 Å². The van der Waals surface area contributed by atoms with Crippen LogP contribution in [-0.4, -0.2) is 12.1 Å². The predicted molar refractivity (Wildman–Crippen MR) is 79.0 cm³/mol. The van der Waals surface area contributed by atoms with Gasteiger partial charge in [0, 0.05) is 17.3 Å². The van der Waals surface area contributed by atoms with Gasteiger partial charge >= 0.3 is 0 Å². The van der Waals surface area contributed by atoms with Crippen LogP contribution in [0.4, 0.5) is 5.69 Å². The smallest absolute Gasteiger partial charge is 0.0521 e. The highest BCUT2D eigenvalue weighted by atomic mass is 35.5. The maximum absolute atomic E-state index is 6.06. The quantitative estimate of drug-likeness (QED) is 0.871. The van der Waals surface area contributed by atoms with E-state index in [4.69, 9.17) is 17.3 Å². The lowest BCUT2D eigenvalue weighted by Gasteiger charge is -2.45. The monoisotopic (exact) mass is 266 g/mol. The van der Waals surface area contributed by atoms with Crippen LogP contribution in [0.3, 0.4) is 0 Å². The van der Waals surface area contributed by atoms with Gasteiger partial charge in [-0.1, -0.05) is 31.5 Å². The van der Waals surface area contributed by atoms with E-state index in [0.717, 1.165) is 23.0 Å². The molecule has 2 rings (SSSR count). The molecule has 3 N–H and O–H groups in total. The summed E-state index contributed by atoms with van der Waals surface area (Å²) in [4.78, 5) is 0. The van der Waals surface area contributed by atoms with Crippen molar-refractivity contribution < 1.29 is 0 Å². The SMILES string of the molecule is CC1CCC(CN)(Nc2cccc(Cl)c2)C(C)C1. The van der Waals surface area contributed by atoms with E-state index in [2.05, 4.69) is 25.2 Å². The van der Waals surface area contributed by atoms with Crippen LogP contribution in [0.1, 0.15) is 33.1 Å². The van der Waals surface area contributed by atoms with E-state index in [1.54, 1.807) is 0 Å². The second-order valence-corrected chi connectivity index (χ2v) is 6.21. The standard InChI is InChI=1S/C15H23ClN2/c1-11-6-7-15(10-17,12(2)8-11)18-14-5-3-4-13(16)9-14/h3-5,9,11-12,18H,6-8,10,17H2,1-2H3. The molecule has 0 saturated heterocycles. The van der Waals surface area contributed by atoms with Crippen LogP contribution in [0.5, 0.6) is 0 Å². The van der Waals surface area contributed by atoms with Gasteiger partial charge in [-0.05, 0) is 49.3 Å². The highest BCUT2D eigenvalue weighted by Crippen LogP contribution is 2.38. The molecule has 3 atom stereocenters. The summed E-state index contributed by atoms with van der Waals surface area (Å²) in [5.41, 5.74) is 7.17. The summed E-state index contributed by atoms with van der Waals surface area (Å²) >= 11 is 6.04. The van der Waals surface area contributed by atoms with Crippen molar-refractivity contribution >= 4 is 17.3 Å². The van der Waals surface area contributed by atoms with Crippen LogP contribution in [0.15, 0.2) is 24.3 Å². The molecule has 1 aromatic rings. The second-order valence-electron chi connectivity index (χ2n) is 5.78. The topological polar surface area (TPSA) is 38.0 Å². The molecule has 1 saturated carbocycles. The van der Waals surface area contributed by atoms with Crippen molar-refractivity contribution in [3.8, 4) is 0 Å². The molecule has 1 fully saturated rings. The van der Waals surface area contributed by atoms with E-state index in [-0.39, 0.29) is 5.54 Å². The maximum atomic E-state index is 6.06. The average molecular weight is 267 g/mol. The number of nitrogens with one attached hydrogen (secondary N) is 1. The van der Waals surface area contributed by atoms with Gasteiger partial charge in [-0.15, -0.1) is 0 Å². The van der Waals surface area contributed by atoms with Crippen molar-refractivity contribution in [1.29, 1.82) is 0 Å². The Kier molecular flexibility index (Phi) is 4.18. The molecule has 0 heterocycles. The number of hydrogen-bond acceptors (Lipinski definition) is 2. The molecule has 0 spiro atoms. The van der Waals surface area contributed by atoms with Gasteiger partial charge in [0.2, 0.25) is 0 Å². The average Bonchev–Trinajstić information content (AvgIpc) is 2.33. The number of nitrogens with two attached hydrogens (primary N) is 1. The molecule has 0 aromatic heterocycles. The van der Waals surface area contributed by atoms with Crippen molar-refractivity contribution in [2.75, 3.05) is 11.9 Å². The van der Waals surface area contributed by atoms with Crippen molar-refractivity contribution in [3.63, 3.8) is 0 Å². The van der Waals surface area contributed by atoms with Gasteiger partial charge < -0.3 is 11.1 Å². The van der Waals surface area contributed by atoms with Crippen molar-refractivity contribution in [3.05, 3.63) is 29.3 Å². The first-order valence-electron chi connectivity index (χ1n) is 6.79. The fraction of sp³-hybridized carbons (Fsp3) is 0.600. The lowest BCUT2D eigenvalue weighted by molar-refractivity contribution is 0.189. The van der Waals surface area contributed by atoms with E-state index in [1.165, 1.54) is 12.8 Å². The number of benzene rings is 1. The molecule has 3 heteroatoms. The van der Waals surface area contributed by atoms with Crippen LogP contribution in [0, 0.1) is 11.8 Å². The van der Waals surface area contributed by atoms with Gasteiger partial charge in [0.15, 0.2) is 0 Å². The normalized spacial score (nSPS) is 32.2. The highest BCUT2D eigenvalue weighted by Gasteiger charge is 2.38. The Bertz CT molecular complexity index is 407. The highest BCUT2D eigenvalue weighted by molar-refractivity contribution is 6.30. The summed E-state index contributed by atoms with van der Waals surface area (Å²) in [6.45, 7) is 5.31. The van der Waals surface area contributed by atoms with Gasteiger partial charge in [0.25, 0.3) is 0 Å². The van der Waals surface area contributed by atoms with Gasteiger partial charge in [-0.2, -0.15) is 0 Å². The lowest BCUT2D eigenvalue weighted by atomic mass is 9.70. The fourth-order valence-electron chi connectivity index (χ4n) is 3.09. The van der Waals surface area contributed by atoms with E-state index >= 15 is 0 Å². The minimum Gasteiger partial charge on any atom is -0.378 e. The van der Waals surface area contributed by atoms with Crippen molar-refractivity contribution in [1.82, 2.24) is 0 Å². The van der Waals surface area contributed by atoms with Gasteiger partial charge in [-0.3, -0.25) is 0 Å². The first-order valence-corrected chi connectivity index (χ1v) is 7.17. The van der Waals surface area contributed by atoms with Crippen LogP contribution in [-0.2, 0) is 0 Å². The minimum absolute atomic E-state index is 0.0250. The summed E-state index contributed by atoms with van der Waals surface area (Å²) in [6, 6.07) is 7.91. The molecule has 2 nitrogen and oxygen atoms in total. The molecule has 0 bridgehead atoms. The molecule has 1 aliphatic rings. The molecule has 1 aliphatic carbocycles. The fourth-order valence-corrected chi connectivity index (χ4v) is 3.28. The second kappa shape index (κ2) is 5.50. The van der Waals surface area contributed by atoms with E-state index in [1.807, 2.05) is 18.2 Å². The molecular weight excluding hydrogens is 244 g/mol. The minimum atomic E-state index is 0.0250. The molecule has 0 radical (unpaired) electrons. The summed E-state index contributed by atoms with van der Waals surface area (Å²) < 4.78 is 0. The summed E-state index contributed by atoms with van der Waals surface area (Å²) in [5, 5.41) is 4.41. The summed E-state index contributed by atoms with van der Waals surface area (Å²) in [5.74, 6) is 1.39. The Morgan fingerprint density at radius 3 is 2.83 bits per heavy atom. The largest absolute Gasteiger partial charge is 0.378 e. The third-order valence-corrected chi connectivity index (χ3v) is 4.60. The zero-order chi connectivity index (χ0) is 13.2. The zero-order valence-corrected chi connectivity index (χ0v) is 12.0. The van der Waals surface area contributed by atoms with Gasteiger partial charge in [0.05, 0.1) is 5.54 Å². The molecule has 0 aliphatic heterocycles. The van der Waals surface area contributed by atoms with Crippen LogP contribution < -0.4 is 11.1 Å². The Balaban J connectivity index is 2.18. The van der Waals surface area contributed by atoms with Crippen LogP contribution in [0.25, 0.3) is 0 Å². The third kappa shape index (κ3) is 2.81. The molecule has 100 valence electrons. The molecule has 1 aromatic carbocycles. The third-order valence-electron chi connectivity index (χ3n) is 4.36. The molecule has 0 amide bonds. The van der Waals surface area contributed by atoms with Gasteiger partial charge in [0.1, 0.15) is 0 Å². The predicted octanol–water partition coefficient (Wildman–Crippen LogP) is 3.91. The number of rotatable bonds is 3. The molecule has 18 heavy (non-hydrogen) atoms. The van der Waals surface area contributed by atoms with Crippen molar-refractivity contribution in [2.45, 2.75) is 38.6 Å². The number of halogens is 1. The molecular formula is C15H23ClN2. The van der Waals surface area contributed by atoms with Gasteiger partial charge in [-0.25, -0.2) is 0 Å². The van der Waals surface area contributed by atoms with E-state index in [9.17, 15) is 0 Å².